The van der Waals surface area contributed by atoms with Crippen LogP contribution >= 0.6 is 11.8 Å². The summed E-state index contributed by atoms with van der Waals surface area (Å²) in [7, 11) is 0. The van der Waals surface area contributed by atoms with E-state index >= 15 is 0 Å². The maximum absolute atomic E-state index is 11.4. The summed E-state index contributed by atoms with van der Waals surface area (Å²) in [5, 5.41) is 9.84. The smallest absolute Gasteiger partial charge is 0.221 e. The number of carbonyl (C=O) groups is 1. The number of hydrogen-bond donors (Lipinski definition) is 3. The standard InChI is InChI=1S/C11H15N3OS/c12-11(13)16-7-6-10(15)14-8-9-4-2-1-3-5-9/h1-5H,6-8H2,(H3,12,13)(H,14,15). The number of nitrogens with two attached hydrogens (primary N) is 1. The van der Waals surface area contributed by atoms with Crippen molar-refractivity contribution in [2.75, 3.05) is 5.75 Å². The van der Waals surface area contributed by atoms with Crippen molar-refractivity contribution in [3.05, 3.63) is 35.9 Å². The molecule has 4 N–H and O–H groups in total. The molecule has 0 aliphatic heterocycles. The highest BCUT2D eigenvalue weighted by Gasteiger charge is 2.01. The minimum absolute atomic E-state index is 0.0161. The second-order valence-electron chi connectivity index (χ2n) is 3.23. The summed E-state index contributed by atoms with van der Waals surface area (Å²) >= 11 is 1.18. The van der Waals surface area contributed by atoms with Crippen LogP contribution in [0.3, 0.4) is 0 Å². The molecule has 4 nitrogen and oxygen atoms in total. The third-order valence-electron chi connectivity index (χ3n) is 1.92. The summed E-state index contributed by atoms with van der Waals surface area (Å²) < 4.78 is 0. The Kier molecular flexibility index (Phi) is 5.42. The van der Waals surface area contributed by atoms with E-state index in [1.165, 1.54) is 11.8 Å². The van der Waals surface area contributed by atoms with Gasteiger partial charge in [-0.1, -0.05) is 42.1 Å². The molecule has 0 heterocycles. The average molecular weight is 237 g/mol. The number of amides is 1. The van der Waals surface area contributed by atoms with Crippen LogP contribution in [0.1, 0.15) is 12.0 Å². The number of amidine groups is 1. The fraction of sp³-hybridized carbons (Fsp3) is 0.273. The Labute approximate surface area is 99.1 Å². The van der Waals surface area contributed by atoms with E-state index in [0.29, 0.717) is 18.7 Å². The first-order valence-corrected chi connectivity index (χ1v) is 5.94. The summed E-state index contributed by atoms with van der Waals surface area (Å²) in [6, 6.07) is 9.74. The molecule has 0 spiro atoms. The third kappa shape index (κ3) is 5.41. The van der Waals surface area contributed by atoms with Gasteiger partial charge in [0.05, 0.1) is 0 Å². The van der Waals surface area contributed by atoms with Crippen molar-refractivity contribution in [1.82, 2.24) is 5.32 Å². The highest BCUT2D eigenvalue weighted by atomic mass is 32.2. The SMILES string of the molecule is N=C(N)SCCC(=O)NCc1ccccc1. The second kappa shape index (κ2) is 6.90. The Morgan fingerprint density at radius 3 is 2.69 bits per heavy atom. The molecule has 1 aromatic carbocycles. The van der Waals surface area contributed by atoms with Crippen molar-refractivity contribution in [3.8, 4) is 0 Å². The largest absolute Gasteiger partial charge is 0.379 e. The first kappa shape index (κ1) is 12.6. The van der Waals surface area contributed by atoms with Gasteiger partial charge in [0.15, 0.2) is 5.17 Å². The van der Waals surface area contributed by atoms with E-state index in [-0.39, 0.29) is 11.1 Å². The topological polar surface area (TPSA) is 79.0 Å². The molecule has 1 rings (SSSR count). The van der Waals surface area contributed by atoms with E-state index in [1.807, 2.05) is 30.3 Å². The maximum atomic E-state index is 11.4. The molecule has 0 aliphatic rings. The zero-order valence-electron chi connectivity index (χ0n) is 8.90. The minimum Gasteiger partial charge on any atom is -0.379 e. The van der Waals surface area contributed by atoms with Crippen LogP contribution < -0.4 is 11.1 Å². The van der Waals surface area contributed by atoms with Gasteiger partial charge in [0.1, 0.15) is 0 Å². The van der Waals surface area contributed by atoms with E-state index in [1.54, 1.807) is 0 Å². The monoisotopic (exact) mass is 237 g/mol. The number of carbonyl (C=O) groups excluding carboxylic acids is 1. The van der Waals surface area contributed by atoms with E-state index in [0.717, 1.165) is 5.56 Å². The van der Waals surface area contributed by atoms with Gasteiger partial charge in [0.2, 0.25) is 5.91 Å². The van der Waals surface area contributed by atoms with Crippen LogP contribution in [0.15, 0.2) is 30.3 Å². The number of hydrogen-bond acceptors (Lipinski definition) is 3. The van der Waals surface area contributed by atoms with Crippen LogP contribution in [0, 0.1) is 5.41 Å². The van der Waals surface area contributed by atoms with Crippen molar-refractivity contribution in [3.63, 3.8) is 0 Å². The van der Waals surface area contributed by atoms with E-state index < -0.39 is 0 Å². The zero-order valence-corrected chi connectivity index (χ0v) is 9.72. The molecule has 0 fully saturated rings. The first-order chi connectivity index (χ1) is 7.68. The lowest BCUT2D eigenvalue weighted by molar-refractivity contribution is -0.120. The Hall–Kier alpha value is -1.49. The van der Waals surface area contributed by atoms with Gasteiger partial charge in [-0.05, 0) is 5.56 Å². The van der Waals surface area contributed by atoms with Gasteiger partial charge in [0.25, 0.3) is 0 Å². The van der Waals surface area contributed by atoms with Gasteiger partial charge >= 0.3 is 0 Å². The molecule has 0 saturated heterocycles. The highest BCUT2D eigenvalue weighted by Crippen LogP contribution is 2.01. The lowest BCUT2D eigenvalue weighted by Gasteiger charge is -2.04. The molecule has 0 unspecified atom stereocenters. The lowest BCUT2D eigenvalue weighted by atomic mass is 10.2. The van der Waals surface area contributed by atoms with E-state index in [9.17, 15) is 4.79 Å². The molecular weight excluding hydrogens is 222 g/mol. The van der Waals surface area contributed by atoms with Gasteiger partial charge in [-0.15, -0.1) is 0 Å². The van der Waals surface area contributed by atoms with E-state index in [4.69, 9.17) is 11.1 Å². The maximum Gasteiger partial charge on any atom is 0.221 e. The predicted molar refractivity (Wildman–Crippen MR) is 67.3 cm³/mol. The number of rotatable bonds is 5. The van der Waals surface area contributed by atoms with E-state index in [2.05, 4.69) is 5.32 Å². The Morgan fingerprint density at radius 1 is 1.38 bits per heavy atom. The van der Waals surface area contributed by atoms with Crippen molar-refractivity contribution in [2.45, 2.75) is 13.0 Å². The molecule has 0 aromatic heterocycles. The average Bonchev–Trinajstić information content (AvgIpc) is 2.27. The van der Waals surface area contributed by atoms with Gasteiger partial charge in [0, 0.05) is 18.7 Å². The summed E-state index contributed by atoms with van der Waals surface area (Å²) in [6.45, 7) is 0.546. The molecule has 0 aliphatic carbocycles. The highest BCUT2D eigenvalue weighted by molar-refractivity contribution is 8.13. The minimum atomic E-state index is -0.0161. The Bertz CT molecular complexity index is 354. The van der Waals surface area contributed by atoms with Crippen molar-refractivity contribution >= 4 is 22.8 Å². The predicted octanol–water partition coefficient (Wildman–Crippen LogP) is 1.32. The number of thioether (sulfide) groups is 1. The van der Waals surface area contributed by atoms with Gasteiger partial charge in [-0.3, -0.25) is 10.2 Å². The molecule has 0 saturated carbocycles. The fourth-order valence-corrected chi connectivity index (χ4v) is 1.65. The Balaban J connectivity index is 2.18. The zero-order chi connectivity index (χ0) is 11.8. The molecule has 86 valence electrons. The summed E-state index contributed by atoms with van der Waals surface area (Å²) in [4.78, 5) is 11.4. The van der Waals surface area contributed by atoms with Gasteiger partial charge < -0.3 is 11.1 Å². The molecule has 0 atom stereocenters. The van der Waals surface area contributed by atoms with Crippen LogP contribution in [0.2, 0.25) is 0 Å². The van der Waals surface area contributed by atoms with Crippen LogP contribution in [0.4, 0.5) is 0 Å². The quantitative estimate of drug-likeness (QED) is 0.534. The molecular formula is C11H15N3OS. The molecule has 16 heavy (non-hydrogen) atoms. The summed E-state index contributed by atoms with van der Waals surface area (Å²) in [5.41, 5.74) is 6.24. The summed E-state index contributed by atoms with van der Waals surface area (Å²) in [6.07, 6.45) is 0.386. The van der Waals surface area contributed by atoms with Crippen LogP contribution in [-0.4, -0.2) is 16.8 Å². The first-order valence-electron chi connectivity index (χ1n) is 4.96. The van der Waals surface area contributed by atoms with Crippen molar-refractivity contribution in [1.29, 1.82) is 5.41 Å². The summed E-state index contributed by atoms with van der Waals surface area (Å²) in [5.74, 6) is 0.535. The lowest BCUT2D eigenvalue weighted by Crippen LogP contribution is -2.23. The Morgan fingerprint density at radius 2 is 2.06 bits per heavy atom. The third-order valence-corrected chi connectivity index (χ3v) is 2.64. The molecule has 1 aromatic rings. The van der Waals surface area contributed by atoms with Gasteiger partial charge in [-0.25, -0.2) is 0 Å². The van der Waals surface area contributed by atoms with Gasteiger partial charge in [-0.2, -0.15) is 0 Å². The normalized spacial score (nSPS) is 9.75. The van der Waals surface area contributed by atoms with Crippen LogP contribution in [0.25, 0.3) is 0 Å². The number of nitrogens with one attached hydrogen (secondary N) is 2. The number of benzene rings is 1. The molecule has 0 bridgehead atoms. The second-order valence-corrected chi connectivity index (χ2v) is 4.36. The molecule has 5 heteroatoms. The fourth-order valence-electron chi connectivity index (χ4n) is 1.14. The van der Waals surface area contributed by atoms with Crippen LogP contribution in [0.5, 0.6) is 0 Å². The van der Waals surface area contributed by atoms with Crippen LogP contribution in [-0.2, 0) is 11.3 Å². The van der Waals surface area contributed by atoms with Crippen molar-refractivity contribution in [2.24, 2.45) is 5.73 Å². The van der Waals surface area contributed by atoms with Crippen molar-refractivity contribution < 1.29 is 4.79 Å². The molecule has 0 radical (unpaired) electrons. The molecule has 1 amide bonds.